The van der Waals surface area contributed by atoms with Crippen molar-refractivity contribution in [2.24, 2.45) is 11.8 Å². The van der Waals surface area contributed by atoms with E-state index in [4.69, 9.17) is 0 Å². The topological polar surface area (TPSA) is 43.4 Å². The smallest absolute Gasteiger partial charge is 0.317 e. The van der Waals surface area contributed by atoms with Crippen molar-refractivity contribution >= 4 is 11.9 Å². The van der Waals surface area contributed by atoms with Gasteiger partial charge in [0.1, 0.15) is 0 Å². The van der Waals surface area contributed by atoms with Crippen LogP contribution in [0.3, 0.4) is 0 Å². The lowest BCUT2D eigenvalue weighted by atomic mass is 9.90. The number of cyclic esters (lactones) is 2. The monoisotopic (exact) mass is 322 g/mol. The van der Waals surface area contributed by atoms with Crippen molar-refractivity contribution in [3.8, 4) is 0 Å². The molecule has 0 radical (unpaired) electrons. The summed E-state index contributed by atoms with van der Waals surface area (Å²) in [7, 11) is 0. The fourth-order valence-corrected chi connectivity index (χ4v) is 3.21. The maximum atomic E-state index is 11.3. The minimum Gasteiger partial charge on any atom is -0.393 e. The number of rotatable bonds is 13. The Hall–Kier alpha value is -1.12. The lowest BCUT2D eigenvalue weighted by Crippen LogP contribution is -2.05. The van der Waals surface area contributed by atoms with E-state index in [9.17, 15) is 9.59 Å². The molecule has 1 saturated heterocycles. The maximum Gasteiger partial charge on any atom is 0.317 e. The summed E-state index contributed by atoms with van der Waals surface area (Å²) in [4.78, 5) is 22.3. The first-order valence-electron chi connectivity index (χ1n) is 9.56. The van der Waals surface area contributed by atoms with Gasteiger partial charge in [-0.3, -0.25) is 9.59 Å². The fraction of sp³-hybridized carbons (Fsp3) is 0.800. The zero-order chi connectivity index (χ0) is 16.9. The lowest BCUT2D eigenvalue weighted by Gasteiger charge is -2.16. The highest BCUT2D eigenvalue weighted by atomic mass is 16.6. The number of carbonyl (C=O) groups excluding carboxylic acids is 2. The molecule has 0 bridgehead atoms. The summed E-state index contributed by atoms with van der Waals surface area (Å²) in [5.74, 6) is -0.0862. The molecule has 23 heavy (non-hydrogen) atoms. The number of hydrogen-bond donors (Lipinski definition) is 0. The van der Waals surface area contributed by atoms with Crippen LogP contribution in [0, 0.1) is 11.8 Å². The second-order valence-corrected chi connectivity index (χ2v) is 6.84. The second kappa shape index (κ2) is 12.3. The predicted molar refractivity (Wildman–Crippen MR) is 94.0 cm³/mol. The standard InChI is InChI=1S/C20H34O3/c1-3-5-9-13-17(12-6-4-2)14-10-7-8-11-15-18-16-19(21)23-20(18)22/h8,11,17-18H,3-7,9-10,12-16H2,1-2H3/b11-8+. The van der Waals surface area contributed by atoms with Gasteiger partial charge < -0.3 is 4.74 Å². The Kier molecular flexibility index (Phi) is 10.7. The van der Waals surface area contributed by atoms with Gasteiger partial charge in [0.2, 0.25) is 0 Å². The van der Waals surface area contributed by atoms with Gasteiger partial charge in [0.15, 0.2) is 0 Å². The molecule has 1 heterocycles. The Morgan fingerprint density at radius 2 is 1.70 bits per heavy atom. The van der Waals surface area contributed by atoms with Crippen LogP contribution >= 0.6 is 0 Å². The Morgan fingerprint density at radius 3 is 2.35 bits per heavy atom. The highest BCUT2D eigenvalue weighted by Crippen LogP contribution is 2.23. The Labute approximate surface area is 141 Å². The van der Waals surface area contributed by atoms with Gasteiger partial charge in [-0.1, -0.05) is 77.4 Å². The van der Waals surface area contributed by atoms with Crippen LogP contribution in [0.4, 0.5) is 0 Å². The van der Waals surface area contributed by atoms with E-state index in [0.717, 1.165) is 12.3 Å². The predicted octanol–water partition coefficient (Wildman–Crippen LogP) is 5.58. The molecule has 2 atom stereocenters. The molecular formula is C20H34O3. The zero-order valence-electron chi connectivity index (χ0n) is 15.0. The largest absolute Gasteiger partial charge is 0.393 e. The van der Waals surface area contributed by atoms with Crippen LogP contribution in [0.2, 0.25) is 0 Å². The summed E-state index contributed by atoms with van der Waals surface area (Å²) in [6.45, 7) is 4.53. The molecular weight excluding hydrogens is 288 g/mol. The summed E-state index contributed by atoms with van der Waals surface area (Å²) in [5.41, 5.74) is 0. The third kappa shape index (κ3) is 8.92. The van der Waals surface area contributed by atoms with Gasteiger partial charge in [0.25, 0.3) is 0 Å². The molecule has 0 spiro atoms. The number of esters is 2. The van der Waals surface area contributed by atoms with E-state index in [1.54, 1.807) is 0 Å². The Bertz CT molecular complexity index is 373. The molecule has 3 nitrogen and oxygen atoms in total. The molecule has 3 heteroatoms. The van der Waals surface area contributed by atoms with Gasteiger partial charge in [-0.05, 0) is 25.2 Å². The SMILES string of the molecule is CCCCCC(CCCC)CCC/C=C/CC1CC(=O)OC1=O. The molecule has 0 aromatic heterocycles. The Balaban J connectivity index is 2.15. The molecule has 1 fully saturated rings. The van der Waals surface area contributed by atoms with Crippen LogP contribution in [0.5, 0.6) is 0 Å². The van der Waals surface area contributed by atoms with E-state index in [2.05, 4.69) is 24.7 Å². The van der Waals surface area contributed by atoms with E-state index >= 15 is 0 Å². The van der Waals surface area contributed by atoms with E-state index in [-0.39, 0.29) is 24.3 Å². The number of hydrogen-bond acceptors (Lipinski definition) is 3. The Morgan fingerprint density at radius 1 is 1.00 bits per heavy atom. The van der Waals surface area contributed by atoms with Crippen LogP contribution < -0.4 is 0 Å². The minimum absolute atomic E-state index is 0.245. The summed E-state index contributed by atoms with van der Waals surface area (Å²) in [6, 6.07) is 0. The van der Waals surface area contributed by atoms with Gasteiger partial charge in [-0.2, -0.15) is 0 Å². The quantitative estimate of drug-likeness (QED) is 0.192. The van der Waals surface area contributed by atoms with Gasteiger partial charge in [-0.25, -0.2) is 0 Å². The molecule has 1 aliphatic rings. The maximum absolute atomic E-state index is 11.3. The van der Waals surface area contributed by atoms with Gasteiger partial charge in [0.05, 0.1) is 12.3 Å². The summed E-state index contributed by atoms with van der Waals surface area (Å²) >= 11 is 0. The number of carbonyl (C=O) groups is 2. The second-order valence-electron chi connectivity index (χ2n) is 6.84. The van der Waals surface area contributed by atoms with E-state index < -0.39 is 0 Å². The van der Waals surface area contributed by atoms with E-state index in [0.29, 0.717) is 6.42 Å². The van der Waals surface area contributed by atoms with Crippen molar-refractivity contribution < 1.29 is 14.3 Å². The van der Waals surface area contributed by atoms with Crippen LogP contribution in [0.1, 0.15) is 90.9 Å². The minimum atomic E-state index is -0.376. The average Bonchev–Trinajstić information content (AvgIpc) is 2.85. The first-order chi connectivity index (χ1) is 11.2. The molecule has 0 aromatic carbocycles. The summed E-state index contributed by atoms with van der Waals surface area (Å²) < 4.78 is 4.56. The first kappa shape index (κ1) is 19.9. The molecule has 0 N–H and O–H groups in total. The van der Waals surface area contributed by atoms with E-state index in [1.165, 1.54) is 57.8 Å². The molecule has 1 rings (SSSR count). The number of allylic oxidation sites excluding steroid dienone is 2. The average molecular weight is 322 g/mol. The highest BCUT2D eigenvalue weighted by Gasteiger charge is 2.31. The molecule has 0 amide bonds. The first-order valence-corrected chi connectivity index (χ1v) is 9.56. The number of unbranched alkanes of at least 4 members (excludes halogenated alkanes) is 4. The molecule has 2 unspecified atom stereocenters. The van der Waals surface area contributed by atoms with Crippen molar-refractivity contribution in [3.63, 3.8) is 0 Å². The fourth-order valence-electron chi connectivity index (χ4n) is 3.21. The van der Waals surface area contributed by atoms with Crippen molar-refractivity contribution in [2.75, 3.05) is 0 Å². The summed E-state index contributed by atoms with van der Waals surface area (Å²) in [5, 5.41) is 0. The van der Waals surface area contributed by atoms with Crippen molar-refractivity contribution in [1.82, 2.24) is 0 Å². The highest BCUT2D eigenvalue weighted by molar-refractivity contribution is 5.94. The molecule has 0 saturated carbocycles. The van der Waals surface area contributed by atoms with Crippen molar-refractivity contribution in [3.05, 3.63) is 12.2 Å². The molecule has 0 aromatic rings. The lowest BCUT2D eigenvalue weighted by molar-refractivity contribution is -0.153. The van der Waals surface area contributed by atoms with Crippen LogP contribution in [-0.4, -0.2) is 11.9 Å². The normalized spacial score (nSPS) is 19.5. The summed E-state index contributed by atoms with van der Waals surface area (Å²) in [6.07, 6.45) is 18.2. The van der Waals surface area contributed by atoms with Crippen molar-refractivity contribution in [2.45, 2.75) is 90.9 Å². The van der Waals surface area contributed by atoms with Gasteiger partial charge >= 0.3 is 11.9 Å². The van der Waals surface area contributed by atoms with Gasteiger partial charge in [0, 0.05) is 0 Å². The van der Waals surface area contributed by atoms with Gasteiger partial charge in [-0.15, -0.1) is 0 Å². The van der Waals surface area contributed by atoms with Crippen LogP contribution in [0.25, 0.3) is 0 Å². The third-order valence-electron chi connectivity index (χ3n) is 4.71. The number of ether oxygens (including phenoxy) is 1. The molecule has 1 aliphatic heterocycles. The molecule has 132 valence electrons. The zero-order valence-corrected chi connectivity index (χ0v) is 15.0. The van der Waals surface area contributed by atoms with Crippen molar-refractivity contribution in [1.29, 1.82) is 0 Å². The van der Waals surface area contributed by atoms with E-state index in [1.807, 2.05) is 6.08 Å². The van der Waals surface area contributed by atoms with Crippen LogP contribution in [0.15, 0.2) is 12.2 Å². The molecule has 0 aliphatic carbocycles. The third-order valence-corrected chi connectivity index (χ3v) is 4.71. The van der Waals surface area contributed by atoms with Crippen LogP contribution in [-0.2, 0) is 14.3 Å².